The van der Waals surface area contributed by atoms with Crippen LogP contribution in [0.5, 0.6) is 0 Å². The molecule has 0 bridgehead atoms. The van der Waals surface area contributed by atoms with Crippen LogP contribution in [0.4, 0.5) is 5.95 Å². The molecule has 2 aromatic heterocycles. The van der Waals surface area contributed by atoms with Gasteiger partial charge in [-0.1, -0.05) is 0 Å². The molecule has 72 valence electrons. The highest BCUT2D eigenvalue weighted by molar-refractivity contribution is 7.13. The van der Waals surface area contributed by atoms with Gasteiger partial charge in [-0.2, -0.15) is 0 Å². The Morgan fingerprint density at radius 3 is 2.71 bits per heavy atom. The van der Waals surface area contributed by atoms with Gasteiger partial charge in [0.25, 0.3) is 0 Å². The fourth-order valence-corrected chi connectivity index (χ4v) is 2.26. The van der Waals surface area contributed by atoms with Crippen LogP contribution in [0.3, 0.4) is 0 Å². The van der Waals surface area contributed by atoms with Crippen molar-refractivity contribution >= 4 is 17.3 Å². The van der Waals surface area contributed by atoms with Crippen LogP contribution in [0.2, 0.25) is 0 Å². The number of aromatic nitrogens is 2. The Kier molecular flexibility index (Phi) is 2.21. The number of nitrogens with zero attached hydrogens (tertiary/aromatic N) is 2. The average Bonchev–Trinajstić information content (AvgIpc) is 2.51. The molecule has 0 aliphatic heterocycles. The van der Waals surface area contributed by atoms with Crippen LogP contribution >= 0.6 is 11.3 Å². The SMILES string of the molecule is Cc1csc(-c2cnc(N)nc2C)c1. The minimum absolute atomic E-state index is 0.333. The molecule has 0 unspecified atom stereocenters. The minimum atomic E-state index is 0.333. The topological polar surface area (TPSA) is 51.8 Å². The molecule has 3 nitrogen and oxygen atoms in total. The Labute approximate surface area is 86.6 Å². The Morgan fingerprint density at radius 2 is 2.14 bits per heavy atom. The largest absolute Gasteiger partial charge is 0.368 e. The summed E-state index contributed by atoms with van der Waals surface area (Å²) in [6, 6.07) is 2.13. The molecule has 14 heavy (non-hydrogen) atoms. The summed E-state index contributed by atoms with van der Waals surface area (Å²) in [7, 11) is 0. The highest BCUT2D eigenvalue weighted by Gasteiger charge is 2.05. The molecule has 0 fully saturated rings. The lowest BCUT2D eigenvalue weighted by molar-refractivity contribution is 1.12. The Bertz CT molecular complexity index is 462. The number of hydrogen-bond acceptors (Lipinski definition) is 4. The first-order chi connectivity index (χ1) is 6.66. The summed E-state index contributed by atoms with van der Waals surface area (Å²) in [6.45, 7) is 4.02. The second-order valence-electron chi connectivity index (χ2n) is 3.22. The van der Waals surface area contributed by atoms with Crippen molar-refractivity contribution in [3.63, 3.8) is 0 Å². The van der Waals surface area contributed by atoms with Crippen LogP contribution in [0, 0.1) is 13.8 Å². The molecule has 0 aliphatic rings. The third kappa shape index (κ3) is 1.61. The molecule has 0 saturated heterocycles. The Balaban J connectivity index is 2.52. The number of nitrogens with two attached hydrogens (primary N) is 1. The van der Waals surface area contributed by atoms with Crippen molar-refractivity contribution in [1.29, 1.82) is 0 Å². The number of nitrogen functional groups attached to an aromatic ring is 1. The Morgan fingerprint density at radius 1 is 1.36 bits per heavy atom. The quantitative estimate of drug-likeness (QED) is 0.777. The minimum Gasteiger partial charge on any atom is -0.368 e. The van der Waals surface area contributed by atoms with Crippen molar-refractivity contribution < 1.29 is 0 Å². The second-order valence-corrected chi connectivity index (χ2v) is 4.13. The van der Waals surface area contributed by atoms with Gasteiger partial charge in [-0.05, 0) is 30.9 Å². The van der Waals surface area contributed by atoms with E-state index in [0.29, 0.717) is 5.95 Å². The molecule has 0 aromatic carbocycles. The monoisotopic (exact) mass is 205 g/mol. The smallest absolute Gasteiger partial charge is 0.220 e. The number of anilines is 1. The molecular formula is C10H11N3S. The van der Waals surface area contributed by atoms with E-state index < -0.39 is 0 Å². The summed E-state index contributed by atoms with van der Waals surface area (Å²) in [5.74, 6) is 0.333. The van der Waals surface area contributed by atoms with E-state index in [9.17, 15) is 0 Å². The molecule has 0 radical (unpaired) electrons. The first-order valence-corrected chi connectivity index (χ1v) is 5.19. The van der Waals surface area contributed by atoms with E-state index in [1.165, 1.54) is 10.4 Å². The van der Waals surface area contributed by atoms with Gasteiger partial charge >= 0.3 is 0 Å². The summed E-state index contributed by atoms with van der Waals surface area (Å²) in [6.07, 6.45) is 1.78. The van der Waals surface area contributed by atoms with Gasteiger partial charge in [0.05, 0.1) is 5.69 Å². The number of thiophene rings is 1. The summed E-state index contributed by atoms with van der Waals surface area (Å²) < 4.78 is 0. The van der Waals surface area contributed by atoms with E-state index >= 15 is 0 Å². The average molecular weight is 205 g/mol. The van der Waals surface area contributed by atoms with Gasteiger partial charge in [-0.25, -0.2) is 9.97 Å². The van der Waals surface area contributed by atoms with Gasteiger partial charge in [0.1, 0.15) is 0 Å². The van der Waals surface area contributed by atoms with E-state index in [1.807, 2.05) is 6.92 Å². The van der Waals surface area contributed by atoms with Crippen molar-refractivity contribution in [2.45, 2.75) is 13.8 Å². The van der Waals surface area contributed by atoms with Crippen LogP contribution in [-0.4, -0.2) is 9.97 Å². The van der Waals surface area contributed by atoms with Gasteiger partial charge in [0.15, 0.2) is 0 Å². The van der Waals surface area contributed by atoms with Crippen molar-refractivity contribution in [2.24, 2.45) is 0 Å². The second kappa shape index (κ2) is 3.38. The standard InChI is InChI=1S/C10H11N3S/c1-6-3-9(14-5-6)8-4-12-10(11)13-7(8)2/h3-5H,1-2H3,(H2,11,12,13). The molecular weight excluding hydrogens is 194 g/mol. The van der Waals surface area contributed by atoms with Gasteiger partial charge in [0, 0.05) is 16.6 Å². The number of rotatable bonds is 1. The maximum atomic E-state index is 5.49. The van der Waals surface area contributed by atoms with Crippen LogP contribution in [0.1, 0.15) is 11.3 Å². The summed E-state index contributed by atoms with van der Waals surface area (Å²) in [5, 5.41) is 2.12. The molecule has 2 heterocycles. The fraction of sp³-hybridized carbons (Fsp3) is 0.200. The van der Waals surface area contributed by atoms with Crippen LogP contribution in [-0.2, 0) is 0 Å². The molecule has 0 saturated carbocycles. The van der Waals surface area contributed by atoms with Gasteiger partial charge in [-0.3, -0.25) is 0 Å². The van der Waals surface area contributed by atoms with Crippen molar-refractivity contribution in [2.75, 3.05) is 5.73 Å². The third-order valence-electron chi connectivity index (χ3n) is 1.99. The van der Waals surface area contributed by atoms with E-state index in [1.54, 1.807) is 17.5 Å². The van der Waals surface area contributed by atoms with Gasteiger partial charge in [-0.15, -0.1) is 11.3 Å². The van der Waals surface area contributed by atoms with Gasteiger partial charge < -0.3 is 5.73 Å². The summed E-state index contributed by atoms with van der Waals surface area (Å²) in [4.78, 5) is 9.33. The lowest BCUT2D eigenvalue weighted by Crippen LogP contribution is -1.97. The predicted molar refractivity (Wildman–Crippen MR) is 59.2 cm³/mol. The molecule has 4 heteroatoms. The normalized spacial score (nSPS) is 10.4. The van der Waals surface area contributed by atoms with E-state index in [-0.39, 0.29) is 0 Å². The van der Waals surface area contributed by atoms with Crippen LogP contribution in [0.15, 0.2) is 17.6 Å². The molecule has 0 aliphatic carbocycles. The first kappa shape index (κ1) is 9.15. The molecule has 0 amide bonds. The molecule has 0 atom stereocenters. The lowest BCUT2D eigenvalue weighted by Gasteiger charge is -2.01. The van der Waals surface area contributed by atoms with Crippen LogP contribution < -0.4 is 5.73 Å². The van der Waals surface area contributed by atoms with Crippen LogP contribution in [0.25, 0.3) is 10.4 Å². The van der Waals surface area contributed by atoms with E-state index in [4.69, 9.17) is 5.73 Å². The number of aryl methyl sites for hydroxylation is 2. The highest BCUT2D eigenvalue weighted by Crippen LogP contribution is 2.28. The van der Waals surface area contributed by atoms with Crippen molar-refractivity contribution in [3.8, 4) is 10.4 Å². The fourth-order valence-electron chi connectivity index (χ4n) is 1.30. The first-order valence-electron chi connectivity index (χ1n) is 4.31. The lowest BCUT2D eigenvalue weighted by atomic mass is 10.2. The molecule has 2 rings (SSSR count). The zero-order valence-electron chi connectivity index (χ0n) is 8.11. The van der Waals surface area contributed by atoms with Crippen molar-refractivity contribution in [3.05, 3.63) is 28.9 Å². The molecule has 0 spiro atoms. The van der Waals surface area contributed by atoms with E-state index in [0.717, 1.165) is 11.3 Å². The summed E-state index contributed by atoms with van der Waals surface area (Å²) in [5.41, 5.74) is 8.75. The number of hydrogen-bond donors (Lipinski definition) is 1. The summed E-state index contributed by atoms with van der Waals surface area (Å²) >= 11 is 1.70. The highest BCUT2D eigenvalue weighted by atomic mass is 32.1. The third-order valence-corrected chi connectivity index (χ3v) is 3.08. The Hall–Kier alpha value is -1.42. The van der Waals surface area contributed by atoms with Gasteiger partial charge in [0.2, 0.25) is 5.95 Å². The molecule has 2 aromatic rings. The maximum absolute atomic E-state index is 5.49. The predicted octanol–water partition coefficient (Wildman–Crippen LogP) is 2.40. The van der Waals surface area contributed by atoms with E-state index in [2.05, 4.69) is 28.3 Å². The zero-order valence-corrected chi connectivity index (χ0v) is 8.93. The zero-order chi connectivity index (χ0) is 10.1. The molecule has 2 N–H and O–H groups in total. The van der Waals surface area contributed by atoms with Crippen molar-refractivity contribution in [1.82, 2.24) is 9.97 Å². The maximum Gasteiger partial charge on any atom is 0.220 e.